The molecule has 0 heterocycles. The largest absolute Gasteiger partial charge is 2.00 e. The third-order valence-corrected chi connectivity index (χ3v) is 2.47. The molecule has 0 radical (unpaired) electrons. The van der Waals surface area contributed by atoms with E-state index < -0.39 is 10.1 Å². The molecule has 1 aromatic rings. The SMILES string of the molecule is C=COS(=O)(=O)c1ccccc1.[Ca+2].[H-].[H-]. The summed E-state index contributed by atoms with van der Waals surface area (Å²) in [6.07, 6.45) is 0.891. The molecule has 0 saturated heterocycles. The van der Waals surface area contributed by atoms with Gasteiger partial charge in [0.2, 0.25) is 0 Å². The quantitative estimate of drug-likeness (QED) is 0.444. The van der Waals surface area contributed by atoms with E-state index in [-0.39, 0.29) is 45.5 Å². The predicted molar refractivity (Wildman–Crippen MR) is 52.9 cm³/mol. The summed E-state index contributed by atoms with van der Waals surface area (Å²) in [5.41, 5.74) is 0. The Hall–Kier alpha value is -0.0303. The van der Waals surface area contributed by atoms with E-state index in [1.165, 1.54) is 12.1 Å². The minimum absolute atomic E-state index is 0. The van der Waals surface area contributed by atoms with Crippen LogP contribution in [0.2, 0.25) is 0 Å². The monoisotopic (exact) mass is 226 g/mol. The van der Waals surface area contributed by atoms with Crippen molar-refractivity contribution in [3.8, 4) is 0 Å². The number of benzene rings is 1. The molecule has 0 atom stereocenters. The zero-order valence-electron chi connectivity index (χ0n) is 9.01. The van der Waals surface area contributed by atoms with Crippen LogP contribution < -0.4 is 0 Å². The first kappa shape index (κ1) is 13.0. The average Bonchev–Trinajstić information content (AvgIpc) is 2.06. The van der Waals surface area contributed by atoms with E-state index in [0.717, 1.165) is 6.26 Å². The molecule has 0 N–H and O–H groups in total. The van der Waals surface area contributed by atoms with E-state index in [9.17, 15) is 8.42 Å². The van der Waals surface area contributed by atoms with Crippen LogP contribution in [0.15, 0.2) is 48.1 Å². The van der Waals surface area contributed by atoms with Crippen molar-refractivity contribution in [1.82, 2.24) is 0 Å². The van der Waals surface area contributed by atoms with E-state index in [2.05, 4.69) is 10.8 Å². The number of rotatable bonds is 3. The van der Waals surface area contributed by atoms with Gasteiger partial charge in [-0.1, -0.05) is 24.8 Å². The normalized spacial score (nSPS) is 9.85. The maximum Gasteiger partial charge on any atom is 2.00 e. The molecule has 1 rings (SSSR count). The minimum Gasteiger partial charge on any atom is -1.00 e. The van der Waals surface area contributed by atoms with Crippen molar-refractivity contribution < 1.29 is 15.5 Å². The van der Waals surface area contributed by atoms with Gasteiger partial charge in [0.1, 0.15) is 4.90 Å². The zero-order chi connectivity index (χ0) is 9.03. The first-order valence-corrected chi connectivity index (χ1v) is 4.67. The van der Waals surface area contributed by atoms with Crippen LogP contribution >= 0.6 is 0 Å². The second-order valence-corrected chi connectivity index (χ2v) is 3.60. The molecule has 0 spiro atoms. The first-order chi connectivity index (χ1) is 5.67. The molecular weight excluding hydrogens is 216 g/mol. The van der Waals surface area contributed by atoms with Crippen molar-refractivity contribution in [3.05, 3.63) is 43.2 Å². The zero-order valence-corrected chi connectivity index (χ0v) is 10.0. The Morgan fingerprint density at radius 1 is 1.31 bits per heavy atom. The van der Waals surface area contributed by atoms with E-state index in [4.69, 9.17) is 0 Å². The van der Waals surface area contributed by atoms with Gasteiger partial charge < -0.3 is 7.04 Å². The van der Waals surface area contributed by atoms with Crippen LogP contribution in [0, 0.1) is 0 Å². The molecule has 5 heteroatoms. The predicted octanol–water partition coefficient (Wildman–Crippen LogP) is 1.38. The summed E-state index contributed by atoms with van der Waals surface area (Å²) >= 11 is 0. The summed E-state index contributed by atoms with van der Waals surface area (Å²) in [4.78, 5) is 0.130. The molecule has 0 aliphatic heterocycles. The fourth-order valence-corrected chi connectivity index (χ4v) is 1.51. The Balaban J connectivity index is -0.000000480. The Morgan fingerprint density at radius 2 is 1.85 bits per heavy atom. The van der Waals surface area contributed by atoms with Crippen LogP contribution in [0.4, 0.5) is 0 Å². The van der Waals surface area contributed by atoms with Gasteiger partial charge in [0.25, 0.3) is 0 Å². The van der Waals surface area contributed by atoms with Crippen molar-refractivity contribution in [2.45, 2.75) is 4.90 Å². The second kappa shape index (κ2) is 5.65. The molecule has 0 aliphatic carbocycles. The fraction of sp³-hybridized carbons (Fsp3) is 0. The summed E-state index contributed by atoms with van der Waals surface area (Å²) in [6.45, 7) is 3.17. The van der Waals surface area contributed by atoms with Gasteiger partial charge in [-0.15, -0.1) is 0 Å². The van der Waals surface area contributed by atoms with E-state index in [1.54, 1.807) is 18.2 Å². The van der Waals surface area contributed by atoms with Crippen molar-refractivity contribution in [3.63, 3.8) is 0 Å². The maximum absolute atomic E-state index is 11.1. The molecule has 0 aliphatic rings. The van der Waals surface area contributed by atoms with Crippen LogP contribution in [0.1, 0.15) is 2.85 Å². The number of hydrogen-bond acceptors (Lipinski definition) is 3. The molecule has 0 fully saturated rings. The van der Waals surface area contributed by atoms with Gasteiger partial charge in [0, 0.05) is 0 Å². The Morgan fingerprint density at radius 3 is 2.31 bits per heavy atom. The summed E-state index contributed by atoms with van der Waals surface area (Å²) in [5.74, 6) is 0. The third-order valence-electron chi connectivity index (χ3n) is 1.23. The molecule has 0 bridgehead atoms. The molecule has 0 saturated carbocycles. The minimum atomic E-state index is -3.63. The van der Waals surface area contributed by atoms with Crippen LogP contribution in [0.3, 0.4) is 0 Å². The molecule has 68 valence electrons. The number of hydrogen-bond donors (Lipinski definition) is 0. The molecule has 3 nitrogen and oxygen atoms in total. The van der Waals surface area contributed by atoms with Crippen LogP contribution in [0.25, 0.3) is 0 Å². The molecule has 1 aromatic carbocycles. The van der Waals surface area contributed by atoms with Gasteiger partial charge in [0.05, 0.1) is 6.26 Å². The summed E-state index contributed by atoms with van der Waals surface area (Å²) in [6, 6.07) is 7.89. The summed E-state index contributed by atoms with van der Waals surface area (Å²) in [5, 5.41) is 0. The molecule has 13 heavy (non-hydrogen) atoms. The van der Waals surface area contributed by atoms with Gasteiger partial charge in [0.15, 0.2) is 0 Å². The Labute approximate surface area is 111 Å². The summed E-state index contributed by atoms with van der Waals surface area (Å²) in [7, 11) is -3.63. The van der Waals surface area contributed by atoms with Crippen molar-refractivity contribution >= 4 is 47.9 Å². The van der Waals surface area contributed by atoms with E-state index >= 15 is 0 Å². The van der Waals surface area contributed by atoms with Gasteiger partial charge in [-0.2, -0.15) is 8.42 Å². The maximum atomic E-state index is 11.1. The second-order valence-electron chi connectivity index (χ2n) is 2.03. The van der Waals surface area contributed by atoms with E-state index in [0.29, 0.717) is 0 Å². The van der Waals surface area contributed by atoms with Gasteiger partial charge in [-0.25, -0.2) is 0 Å². The van der Waals surface area contributed by atoms with Crippen LogP contribution in [0.5, 0.6) is 0 Å². The molecule has 0 aromatic heterocycles. The smallest absolute Gasteiger partial charge is 1.00 e. The average molecular weight is 226 g/mol. The van der Waals surface area contributed by atoms with Gasteiger partial charge in [-0.05, 0) is 12.1 Å². The van der Waals surface area contributed by atoms with E-state index in [1.807, 2.05) is 0 Å². The van der Waals surface area contributed by atoms with Gasteiger partial charge >= 0.3 is 47.9 Å². The summed E-state index contributed by atoms with van der Waals surface area (Å²) < 4.78 is 26.6. The van der Waals surface area contributed by atoms with Crippen molar-refractivity contribution in [2.24, 2.45) is 0 Å². The Kier molecular flexibility index (Phi) is 5.63. The molecule has 0 amide bonds. The fourth-order valence-electron chi connectivity index (χ4n) is 0.732. The van der Waals surface area contributed by atoms with Crippen LogP contribution in [-0.2, 0) is 14.3 Å². The third kappa shape index (κ3) is 3.68. The van der Waals surface area contributed by atoms with Crippen molar-refractivity contribution in [2.75, 3.05) is 0 Å². The van der Waals surface area contributed by atoms with Gasteiger partial charge in [-0.3, -0.25) is 0 Å². The van der Waals surface area contributed by atoms with Crippen molar-refractivity contribution in [1.29, 1.82) is 0 Å². The standard InChI is InChI=1S/C8H8O3S.Ca.2H/c1-2-11-12(9,10)8-6-4-3-5-7-8;;;/h2-7H,1H2;;;/q;+2;2*-1. The molecular formula is C8H10CaO3S. The Bertz CT molecular complexity index is 367. The van der Waals surface area contributed by atoms with Crippen LogP contribution in [-0.4, -0.2) is 46.2 Å². The first-order valence-electron chi connectivity index (χ1n) is 3.26. The topological polar surface area (TPSA) is 43.4 Å². The molecule has 0 unspecified atom stereocenters.